The molecule has 2 rings (SSSR count). The molecule has 0 bridgehead atoms. The summed E-state index contributed by atoms with van der Waals surface area (Å²) in [6.45, 7) is 2.03. The van der Waals surface area contributed by atoms with Crippen molar-refractivity contribution in [2.45, 2.75) is 13.3 Å². The van der Waals surface area contributed by atoms with Crippen LogP contribution < -0.4 is 10.6 Å². The van der Waals surface area contributed by atoms with Gasteiger partial charge >= 0.3 is 0 Å². The normalized spacial score (nSPS) is 10.3. The SMILES string of the molecule is CCc1nc(NC)cc(Nc2ccc(Cl)cc2I)n1. The van der Waals surface area contributed by atoms with E-state index in [1.165, 1.54) is 0 Å². The summed E-state index contributed by atoms with van der Waals surface area (Å²) in [5.41, 5.74) is 0.979. The number of aryl methyl sites for hydroxylation is 1. The van der Waals surface area contributed by atoms with E-state index in [9.17, 15) is 0 Å². The molecule has 0 spiro atoms. The third kappa shape index (κ3) is 3.70. The molecule has 0 unspecified atom stereocenters. The molecule has 0 aliphatic heterocycles. The van der Waals surface area contributed by atoms with E-state index in [1.54, 1.807) is 0 Å². The minimum atomic E-state index is 0.725. The van der Waals surface area contributed by atoms with Gasteiger partial charge in [0.1, 0.15) is 17.5 Å². The molecule has 0 aliphatic carbocycles. The summed E-state index contributed by atoms with van der Waals surface area (Å²) in [7, 11) is 1.84. The largest absolute Gasteiger partial charge is 0.373 e. The number of anilines is 3. The van der Waals surface area contributed by atoms with Crippen molar-refractivity contribution in [3.63, 3.8) is 0 Å². The van der Waals surface area contributed by atoms with Crippen LogP contribution in [0.4, 0.5) is 17.3 Å². The summed E-state index contributed by atoms with van der Waals surface area (Å²) in [5.74, 6) is 2.38. The summed E-state index contributed by atoms with van der Waals surface area (Å²) in [5, 5.41) is 7.05. The number of hydrogen-bond donors (Lipinski definition) is 2. The predicted molar refractivity (Wildman–Crippen MR) is 88.4 cm³/mol. The Hall–Kier alpha value is -1.08. The fourth-order valence-electron chi connectivity index (χ4n) is 1.58. The molecule has 0 radical (unpaired) electrons. The maximum Gasteiger partial charge on any atom is 0.136 e. The molecule has 2 aromatic rings. The van der Waals surface area contributed by atoms with E-state index in [1.807, 2.05) is 38.2 Å². The number of nitrogens with one attached hydrogen (secondary N) is 2. The molecule has 4 nitrogen and oxygen atoms in total. The van der Waals surface area contributed by atoms with Gasteiger partial charge in [-0.25, -0.2) is 9.97 Å². The lowest BCUT2D eigenvalue weighted by Gasteiger charge is -2.10. The first-order valence-electron chi connectivity index (χ1n) is 5.90. The van der Waals surface area contributed by atoms with E-state index in [2.05, 4.69) is 43.2 Å². The van der Waals surface area contributed by atoms with Crippen LogP contribution in [0.5, 0.6) is 0 Å². The summed E-state index contributed by atoms with van der Waals surface area (Å²) in [4.78, 5) is 8.82. The first-order chi connectivity index (χ1) is 9.12. The molecule has 1 aromatic carbocycles. The number of halogens is 2. The van der Waals surface area contributed by atoms with Gasteiger partial charge in [-0.1, -0.05) is 18.5 Å². The van der Waals surface area contributed by atoms with Crippen molar-refractivity contribution in [3.05, 3.63) is 38.7 Å². The van der Waals surface area contributed by atoms with Gasteiger partial charge < -0.3 is 10.6 Å². The molecule has 100 valence electrons. The molecule has 0 saturated carbocycles. The van der Waals surface area contributed by atoms with Crippen molar-refractivity contribution in [3.8, 4) is 0 Å². The maximum absolute atomic E-state index is 5.95. The van der Waals surface area contributed by atoms with Crippen molar-refractivity contribution in [2.24, 2.45) is 0 Å². The lowest BCUT2D eigenvalue weighted by molar-refractivity contribution is 0.944. The van der Waals surface area contributed by atoms with E-state index < -0.39 is 0 Å². The van der Waals surface area contributed by atoms with E-state index in [4.69, 9.17) is 11.6 Å². The monoisotopic (exact) mass is 388 g/mol. The summed E-state index contributed by atoms with van der Waals surface area (Å²) in [6.07, 6.45) is 0.794. The number of benzene rings is 1. The van der Waals surface area contributed by atoms with Crippen molar-refractivity contribution in [1.82, 2.24) is 9.97 Å². The summed E-state index contributed by atoms with van der Waals surface area (Å²) >= 11 is 8.19. The Balaban J connectivity index is 2.31. The molecule has 19 heavy (non-hydrogen) atoms. The fraction of sp³-hybridized carbons (Fsp3) is 0.231. The smallest absolute Gasteiger partial charge is 0.136 e. The lowest BCUT2D eigenvalue weighted by atomic mass is 10.3. The average Bonchev–Trinajstić information content (AvgIpc) is 2.41. The van der Waals surface area contributed by atoms with Gasteiger partial charge in [-0.05, 0) is 40.8 Å². The minimum absolute atomic E-state index is 0.725. The van der Waals surface area contributed by atoms with Gasteiger partial charge in [0.05, 0.1) is 5.69 Å². The van der Waals surface area contributed by atoms with E-state index in [-0.39, 0.29) is 0 Å². The minimum Gasteiger partial charge on any atom is -0.373 e. The molecule has 0 aliphatic rings. The molecule has 0 fully saturated rings. The maximum atomic E-state index is 5.95. The molecule has 0 saturated heterocycles. The highest BCUT2D eigenvalue weighted by molar-refractivity contribution is 14.1. The highest BCUT2D eigenvalue weighted by Gasteiger charge is 2.05. The van der Waals surface area contributed by atoms with Crippen LogP contribution >= 0.6 is 34.2 Å². The van der Waals surface area contributed by atoms with Crippen LogP contribution in [0.3, 0.4) is 0 Å². The summed E-state index contributed by atoms with van der Waals surface area (Å²) in [6, 6.07) is 7.58. The van der Waals surface area contributed by atoms with Gasteiger partial charge in [-0.2, -0.15) is 0 Å². The lowest BCUT2D eigenvalue weighted by Crippen LogP contribution is -2.03. The van der Waals surface area contributed by atoms with Crippen LogP contribution in [-0.2, 0) is 6.42 Å². The van der Waals surface area contributed by atoms with Crippen LogP contribution in [0.1, 0.15) is 12.7 Å². The van der Waals surface area contributed by atoms with Crippen molar-refractivity contribution in [1.29, 1.82) is 0 Å². The second-order valence-corrected chi connectivity index (χ2v) is 5.51. The second-order valence-electron chi connectivity index (χ2n) is 3.91. The Kier molecular flexibility index (Phi) is 4.81. The zero-order valence-corrected chi connectivity index (χ0v) is 13.6. The van der Waals surface area contributed by atoms with E-state index >= 15 is 0 Å². The molecular formula is C13H14ClIN4. The van der Waals surface area contributed by atoms with Crippen molar-refractivity contribution < 1.29 is 0 Å². The number of nitrogens with zero attached hydrogens (tertiary/aromatic N) is 2. The highest BCUT2D eigenvalue weighted by atomic mass is 127. The zero-order valence-electron chi connectivity index (χ0n) is 10.7. The van der Waals surface area contributed by atoms with Crippen LogP contribution in [0.2, 0.25) is 5.02 Å². The number of rotatable bonds is 4. The number of hydrogen-bond acceptors (Lipinski definition) is 4. The Morgan fingerprint density at radius 1 is 1.21 bits per heavy atom. The molecule has 6 heteroatoms. The Labute approximate surface area is 131 Å². The van der Waals surface area contributed by atoms with Gasteiger partial charge in [0, 0.05) is 28.1 Å². The van der Waals surface area contributed by atoms with Crippen LogP contribution in [0.25, 0.3) is 0 Å². The van der Waals surface area contributed by atoms with Gasteiger partial charge in [0.15, 0.2) is 0 Å². The topological polar surface area (TPSA) is 49.8 Å². The third-order valence-electron chi connectivity index (χ3n) is 2.54. The van der Waals surface area contributed by atoms with Crippen molar-refractivity contribution in [2.75, 3.05) is 17.7 Å². The van der Waals surface area contributed by atoms with Gasteiger partial charge in [0.25, 0.3) is 0 Å². The Morgan fingerprint density at radius 2 is 1.95 bits per heavy atom. The van der Waals surface area contributed by atoms with Gasteiger partial charge in [0.2, 0.25) is 0 Å². The average molecular weight is 389 g/mol. The van der Waals surface area contributed by atoms with Crippen LogP contribution in [0, 0.1) is 3.57 Å². The predicted octanol–water partition coefficient (Wildman–Crippen LogP) is 4.08. The molecule has 0 amide bonds. The first kappa shape index (κ1) is 14.3. The Morgan fingerprint density at radius 3 is 2.58 bits per heavy atom. The van der Waals surface area contributed by atoms with Gasteiger partial charge in [-0.3, -0.25) is 0 Å². The highest BCUT2D eigenvalue weighted by Crippen LogP contribution is 2.25. The van der Waals surface area contributed by atoms with E-state index in [0.717, 1.165) is 38.2 Å². The number of aromatic nitrogens is 2. The third-order valence-corrected chi connectivity index (χ3v) is 3.67. The van der Waals surface area contributed by atoms with Crippen molar-refractivity contribution >= 4 is 51.5 Å². The molecule has 0 atom stereocenters. The zero-order chi connectivity index (χ0) is 13.8. The van der Waals surface area contributed by atoms with E-state index in [0.29, 0.717) is 0 Å². The van der Waals surface area contributed by atoms with Gasteiger partial charge in [-0.15, -0.1) is 0 Å². The van der Waals surface area contributed by atoms with Crippen LogP contribution in [0.15, 0.2) is 24.3 Å². The first-order valence-corrected chi connectivity index (χ1v) is 7.36. The quantitative estimate of drug-likeness (QED) is 0.775. The molecule has 2 N–H and O–H groups in total. The van der Waals surface area contributed by atoms with Crippen LogP contribution in [-0.4, -0.2) is 17.0 Å². The second kappa shape index (κ2) is 6.38. The molecule has 1 aromatic heterocycles. The fourth-order valence-corrected chi connectivity index (χ4v) is 2.58. The molecular weight excluding hydrogens is 375 g/mol. The molecule has 1 heterocycles. The summed E-state index contributed by atoms with van der Waals surface area (Å²) < 4.78 is 1.05. The standard InChI is InChI=1S/C13H14ClIN4/c1-3-11-18-12(16-2)7-13(19-11)17-10-5-4-8(14)6-9(10)15/h4-7H,3H2,1-2H3,(H2,16,17,18,19). The Bertz CT molecular complexity index is 567.